The van der Waals surface area contributed by atoms with E-state index in [1.165, 1.54) is 30.5 Å². The number of aliphatic hydroxyl groups is 1. The van der Waals surface area contributed by atoms with Crippen molar-refractivity contribution in [3.63, 3.8) is 0 Å². The maximum Gasteiger partial charge on any atom is 0.416 e. The molecule has 1 saturated heterocycles. The van der Waals surface area contributed by atoms with Gasteiger partial charge in [0.25, 0.3) is 5.91 Å². The number of anilines is 2. The fourth-order valence-corrected chi connectivity index (χ4v) is 4.45. The molecule has 0 atom stereocenters. The summed E-state index contributed by atoms with van der Waals surface area (Å²) in [5, 5.41) is 13.7. The quantitative estimate of drug-likeness (QED) is 0.341. The summed E-state index contributed by atoms with van der Waals surface area (Å²) in [5.74, 6) is 0.314. The first-order chi connectivity index (χ1) is 17.7. The molecule has 5 rings (SSSR count). The second-order valence-corrected chi connectivity index (χ2v) is 8.99. The molecule has 0 spiro atoms. The van der Waals surface area contributed by atoms with E-state index in [0.29, 0.717) is 31.6 Å². The van der Waals surface area contributed by atoms with Crippen molar-refractivity contribution in [1.29, 1.82) is 0 Å². The lowest BCUT2D eigenvalue weighted by molar-refractivity contribution is -0.137. The number of alkyl halides is 3. The maximum atomic E-state index is 13.0. The van der Waals surface area contributed by atoms with Gasteiger partial charge in [-0.05, 0) is 54.8 Å². The summed E-state index contributed by atoms with van der Waals surface area (Å²) in [6.45, 7) is 1.27. The first-order valence-electron chi connectivity index (χ1n) is 11.8. The Kier molecular flexibility index (Phi) is 6.47. The van der Waals surface area contributed by atoms with Crippen LogP contribution in [0.1, 0.15) is 34.5 Å². The lowest BCUT2D eigenvalue weighted by Gasteiger charge is -2.39. The fourth-order valence-electron chi connectivity index (χ4n) is 4.45. The predicted octanol–water partition coefficient (Wildman–Crippen LogP) is 6.10. The van der Waals surface area contributed by atoms with Crippen LogP contribution in [0.4, 0.5) is 24.7 Å². The molecule has 2 aromatic heterocycles. The van der Waals surface area contributed by atoms with Crippen molar-refractivity contribution in [1.82, 2.24) is 4.98 Å². The van der Waals surface area contributed by atoms with Gasteiger partial charge in [0, 0.05) is 18.7 Å². The van der Waals surface area contributed by atoms with E-state index >= 15 is 0 Å². The second kappa shape index (κ2) is 9.74. The number of furan rings is 1. The van der Waals surface area contributed by atoms with E-state index in [2.05, 4.69) is 15.2 Å². The van der Waals surface area contributed by atoms with Crippen LogP contribution in [0.3, 0.4) is 0 Å². The number of halogens is 3. The number of amides is 1. The zero-order valence-corrected chi connectivity index (χ0v) is 19.7. The van der Waals surface area contributed by atoms with Gasteiger partial charge in [-0.3, -0.25) is 4.79 Å². The average molecular weight is 508 g/mol. The molecule has 1 aliphatic rings. The van der Waals surface area contributed by atoms with E-state index in [9.17, 15) is 23.1 Å². The first kappa shape index (κ1) is 24.6. The van der Waals surface area contributed by atoms with Gasteiger partial charge in [0.15, 0.2) is 5.76 Å². The Balaban J connectivity index is 1.21. The summed E-state index contributed by atoms with van der Waals surface area (Å²) in [4.78, 5) is 19.2. The molecule has 37 heavy (non-hydrogen) atoms. The molecule has 1 aliphatic heterocycles. The standard InChI is InChI=1S/C28H24F3N3O3/c29-28(30,31)21-8-4-5-19(17-21)23-10-11-24(37-23)26(35)33-22-9-12-25(32-18-22)34-15-13-27(36,14-16-34)20-6-2-1-3-7-20/h1-12,17-18,36H,13-16H2,(H,33,35). The molecule has 0 aliphatic carbocycles. The molecular weight excluding hydrogens is 483 g/mol. The number of pyridine rings is 1. The number of carbonyl (C=O) groups excluding carboxylic acids is 1. The van der Waals surface area contributed by atoms with Gasteiger partial charge in [0.1, 0.15) is 11.6 Å². The third-order valence-corrected chi connectivity index (χ3v) is 6.54. The highest BCUT2D eigenvalue weighted by atomic mass is 19.4. The Hall–Kier alpha value is -4.11. The molecule has 4 aromatic rings. The zero-order valence-electron chi connectivity index (χ0n) is 19.7. The number of piperidine rings is 1. The van der Waals surface area contributed by atoms with Gasteiger partial charge in [-0.25, -0.2) is 4.98 Å². The third-order valence-electron chi connectivity index (χ3n) is 6.54. The minimum Gasteiger partial charge on any atom is -0.451 e. The lowest BCUT2D eigenvalue weighted by atomic mass is 9.84. The SMILES string of the molecule is O=C(Nc1ccc(N2CCC(O)(c3ccccc3)CC2)nc1)c1ccc(-c2cccc(C(F)(F)F)c2)o1. The molecule has 9 heteroatoms. The minimum atomic E-state index is -4.47. The van der Waals surface area contributed by atoms with Crippen LogP contribution < -0.4 is 10.2 Å². The third kappa shape index (κ3) is 5.36. The van der Waals surface area contributed by atoms with Crippen LogP contribution in [-0.4, -0.2) is 29.1 Å². The molecule has 1 amide bonds. The van der Waals surface area contributed by atoms with Gasteiger partial charge in [-0.2, -0.15) is 13.2 Å². The summed E-state index contributed by atoms with van der Waals surface area (Å²) < 4.78 is 44.5. The second-order valence-electron chi connectivity index (χ2n) is 8.99. The predicted molar refractivity (Wildman–Crippen MR) is 133 cm³/mol. The monoisotopic (exact) mass is 507 g/mol. The largest absolute Gasteiger partial charge is 0.451 e. The Morgan fingerprint density at radius 2 is 1.73 bits per heavy atom. The van der Waals surface area contributed by atoms with E-state index in [1.807, 2.05) is 30.3 Å². The summed E-state index contributed by atoms with van der Waals surface area (Å²) >= 11 is 0. The van der Waals surface area contributed by atoms with Crippen LogP contribution in [0.5, 0.6) is 0 Å². The van der Waals surface area contributed by atoms with Gasteiger partial charge in [-0.15, -0.1) is 0 Å². The normalized spacial score (nSPS) is 15.4. The van der Waals surface area contributed by atoms with Crippen LogP contribution in [0.15, 0.2) is 89.5 Å². The van der Waals surface area contributed by atoms with E-state index in [0.717, 1.165) is 23.5 Å². The van der Waals surface area contributed by atoms with Crippen LogP contribution >= 0.6 is 0 Å². The van der Waals surface area contributed by atoms with Gasteiger partial charge >= 0.3 is 6.18 Å². The van der Waals surface area contributed by atoms with Gasteiger partial charge in [0.05, 0.1) is 23.0 Å². The Labute approximate surface area is 211 Å². The maximum absolute atomic E-state index is 13.0. The van der Waals surface area contributed by atoms with Crippen molar-refractivity contribution in [2.24, 2.45) is 0 Å². The average Bonchev–Trinajstić information content (AvgIpc) is 3.41. The number of benzene rings is 2. The highest BCUT2D eigenvalue weighted by Crippen LogP contribution is 2.35. The van der Waals surface area contributed by atoms with E-state index in [1.54, 1.807) is 12.1 Å². The summed E-state index contributed by atoms with van der Waals surface area (Å²) in [7, 11) is 0. The molecule has 0 bridgehead atoms. The van der Waals surface area contributed by atoms with Crippen molar-refractivity contribution in [2.75, 3.05) is 23.3 Å². The van der Waals surface area contributed by atoms with E-state index in [4.69, 9.17) is 4.42 Å². The number of nitrogens with one attached hydrogen (secondary N) is 1. The molecule has 2 N–H and O–H groups in total. The topological polar surface area (TPSA) is 78.6 Å². The lowest BCUT2D eigenvalue weighted by Crippen LogP contribution is -2.42. The van der Waals surface area contributed by atoms with Crippen LogP contribution in [0, 0.1) is 0 Å². The van der Waals surface area contributed by atoms with Crippen LogP contribution in [0.2, 0.25) is 0 Å². The molecule has 3 heterocycles. The molecule has 2 aromatic carbocycles. The molecule has 1 fully saturated rings. The molecule has 0 saturated carbocycles. The first-order valence-corrected chi connectivity index (χ1v) is 11.8. The zero-order chi connectivity index (χ0) is 26.0. The minimum absolute atomic E-state index is 0.0345. The highest BCUT2D eigenvalue weighted by molar-refractivity contribution is 6.02. The number of nitrogens with zero attached hydrogens (tertiary/aromatic N) is 2. The smallest absolute Gasteiger partial charge is 0.416 e. The number of carbonyl (C=O) groups is 1. The van der Waals surface area contributed by atoms with Crippen LogP contribution in [-0.2, 0) is 11.8 Å². The molecule has 6 nitrogen and oxygen atoms in total. The Morgan fingerprint density at radius 1 is 0.973 bits per heavy atom. The van der Waals surface area contributed by atoms with Gasteiger partial charge < -0.3 is 19.7 Å². The van der Waals surface area contributed by atoms with Crippen LogP contribution in [0.25, 0.3) is 11.3 Å². The van der Waals surface area contributed by atoms with E-state index < -0.39 is 23.2 Å². The van der Waals surface area contributed by atoms with Crippen molar-refractivity contribution < 1.29 is 27.5 Å². The van der Waals surface area contributed by atoms with Gasteiger partial charge in [-0.1, -0.05) is 42.5 Å². The fraction of sp³-hybridized carbons (Fsp3) is 0.214. The van der Waals surface area contributed by atoms with Crippen molar-refractivity contribution >= 4 is 17.4 Å². The molecule has 190 valence electrons. The van der Waals surface area contributed by atoms with Crippen molar-refractivity contribution in [2.45, 2.75) is 24.6 Å². The highest BCUT2D eigenvalue weighted by Gasteiger charge is 2.34. The molecular formula is C28H24F3N3O3. The number of rotatable bonds is 5. The van der Waals surface area contributed by atoms with Crippen molar-refractivity contribution in [3.05, 3.63) is 102 Å². The summed E-state index contributed by atoms with van der Waals surface area (Å²) in [6, 6.07) is 20.7. The Morgan fingerprint density at radius 3 is 2.41 bits per heavy atom. The Bertz CT molecular complexity index is 1380. The number of hydrogen-bond acceptors (Lipinski definition) is 5. The number of aromatic nitrogens is 1. The number of hydrogen-bond donors (Lipinski definition) is 2. The summed E-state index contributed by atoms with van der Waals surface area (Å²) in [6.07, 6.45) is -1.80. The van der Waals surface area contributed by atoms with Gasteiger partial charge in [0.2, 0.25) is 0 Å². The summed E-state index contributed by atoms with van der Waals surface area (Å²) in [5.41, 5.74) is -0.0715. The van der Waals surface area contributed by atoms with Crippen molar-refractivity contribution in [3.8, 4) is 11.3 Å². The van der Waals surface area contributed by atoms with E-state index in [-0.39, 0.29) is 17.1 Å². The molecule has 0 radical (unpaired) electrons. The molecule has 0 unspecified atom stereocenters.